The molecule has 0 bridgehead atoms. The standard InChI is InChI=1S/C14H14Cl2N4OS/c15-12-9(3-1-5-21)7-11-13(18-14(16)19-20(11)12)17-8-10-4-2-6-22-10/h2,4,6-7,21H,1,3,5,8H2,(H,17,18,19). The number of halogens is 2. The Morgan fingerprint density at radius 3 is 2.95 bits per heavy atom. The third-order valence-corrected chi connectivity index (χ3v) is 4.67. The van der Waals surface area contributed by atoms with Crippen LogP contribution in [-0.4, -0.2) is 26.3 Å². The number of anilines is 1. The Morgan fingerprint density at radius 2 is 2.23 bits per heavy atom. The zero-order valence-corrected chi connectivity index (χ0v) is 13.9. The number of aryl methyl sites for hydroxylation is 1. The molecule has 0 amide bonds. The van der Waals surface area contributed by atoms with Crippen LogP contribution in [-0.2, 0) is 13.0 Å². The SMILES string of the molecule is OCCCc1cc2c(NCc3cccs3)nc(Cl)nn2c1Cl. The van der Waals surface area contributed by atoms with E-state index in [1.165, 1.54) is 4.88 Å². The zero-order chi connectivity index (χ0) is 15.5. The Kier molecular flexibility index (Phi) is 4.83. The van der Waals surface area contributed by atoms with Gasteiger partial charge >= 0.3 is 0 Å². The lowest BCUT2D eigenvalue weighted by Gasteiger charge is -2.06. The quantitative estimate of drug-likeness (QED) is 0.707. The number of nitrogens with zero attached hydrogens (tertiary/aromatic N) is 3. The first-order chi connectivity index (χ1) is 10.7. The van der Waals surface area contributed by atoms with Crippen molar-refractivity contribution in [2.45, 2.75) is 19.4 Å². The molecular formula is C14H14Cl2N4OS. The van der Waals surface area contributed by atoms with Gasteiger partial charge in [0, 0.05) is 11.5 Å². The van der Waals surface area contributed by atoms with E-state index >= 15 is 0 Å². The second kappa shape index (κ2) is 6.83. The van der Waals surface area contributed by atoms with E-state index in [0.717, 1.165) is 11.1 Å². The molecule has 5 nitrogen and oxygen atoms in total. The second-order valence-corrected chi connectivity index (χ2v) is 6.48. The van der Waals surface area contributed by atoms with Gasteiger partial charge in [0.2, 0.25) is 5.28 Å². The van der Waals surface area contributed by atoms with Crippen LogP contribution in [0.5, 0.6) is 0 Å². The molecular weight excluding hydrogens is 343 g/mol. The average molecular weight is 357 g/mol. The van der Waals surface area contributed by atoms with E-state index in [-0.39, 0.29) is 11.9 Å². The van der Waals surface area contributed by atoms with Crippen LogP contribution in [0.3, 0.4) is 0 Å². The number of fused-ring (bicyclic) bond motifs is 1. The Morgan fingerprint density at radius 1 is 1.36 bits per heavy atom. The van der Waals surface area contributed by atoms with Crippen LogP contribution in [0.1, 0.15) is 16.9 Å². The van der Waals surface area contributed by atoms with E-state index in [2.05, 4.69) is 21.5 Å². The van der Waals surface area contributed by atoms with E-state index in [1.54, 1.807) is 15.9 Å². The van der Waals surface area contributed by atoms with Crippen LogP contribution in [0.25, 0.3) is 5.52 Å². The molecule has 3 rings (SSSR count). The molecule has 0 atom stereocenters. The number of hydrogen-bond acceptors (Lipinski definition) is 5. The zero-order valence-electron chi connectivity index (χ0n) is 11.6. The van der Waals surface area contributed by atoms with Gasteiger partial charge in [0.25, 0.3) is 0 Å². The van der Waals surface area contributed by atoms with Crippen molar-refractivity contribution in [3.63, 3.8) is 0 Å². The Labute approximate surface area is 141 Å². The maximum absolute atomic E-state index is 8.97. The van der Waals surface area contributed by atoms with Crippen molar-refractivity contribution in [1.82, 2.24) is 14.6 Å². The van der Waals surface area contributed by atoms with Crippen LogP contribution in [0, 0.1) is 0 Å². The number of thiophene rings is 1. The van der Waals surface area contributed by atoms with Gasteiger partial charge in [-0.1, -0.05) is 17.7 Å². The van der Waals surface area contributed by atoms with Gasteiger partial charge in [0.1, 0.15) is 10.7 Å². The van der Waals surface area contributed by atoms with Crippen molar-refractivity contribution in [1.29, 1.82) is 0 Å². The van der Waals surface area contributed by atoms with Crippen molar-refractivity contribution in [3.05, 3.63) is 44.5 Å². The number of aliphatic hydroxyl groups is 1. The predicted molar refractivity (Wildman–Crippen MR) is 90.1 cm³/mol. The maximum atomic E-state index is 8.97. The van der Waals surface area contributed by atoms with Gasteiger partial charge < -0.3 is 10.4 Å². The van der Waals surface area contributed by atoms with E-state index in [9.17, 15) is 0 Å². The smallest absolute Gasteiger partial charge is 0.243 e. The third-order valence-electron chi connectivity index (χ3n) is 3.23. The van der Waals surface area contributed by atoms with Crippen molar-refractivity contribution in [2.24, 2.45) is 0 Å². The van der Waals surface area contributed by atoms with Gasteiger partial charge in [0.15, 0.2) is 5.82 Å². The van der Waals surface area contributed by atoms with E-state index < -0.39 is 0 Å². The first kappa shape index (κ1) is 15.6. The Hall–Kier alpha value is -1.34. The highest BCUT2D eigenvalue weighted by molar-refractivity contribution is 7.09. The minimum absolute atomic E-state index is 0.123. The summed E-state index contributed by atoms with van der Waals surface area (Å²) in [5.41, 5.74) is 1.70. The summed E-state index contributed by atoms with van der Waals surface area (Å²) in [6.45, 7) is 0.786. The first-order valence-corrected chi connectivity index (χ1v) is 8.43. The van der Waals surface area contributed by atoms with Crippen molar-refractivity contribution in [3.8, 4) is 0 Å². The highest BCUT2D eigenvalue weighted by atomic mass is 35.5. The molecule has 2 N–H and O–H groups in total. The van der Waals surface area contributed by atoms with Gasteiger partial charge in [0.05, 0.1) is 6.54 Å². The molecule has 0 fully saturated rings. The fourth-order valence-corrected chi connectivity index (χ4v) is 3.29. The van der Waals surface area contributed by atoms with Gasteiger partial charge in [-0.15, -0.1) is 16.4 Å². The lowest BCUT2D eigenvalue weighted by molar-refractivity contribution is 0.288. The molecule has 0 aromatic carbocycles. The summed E-state index contributed by atoms with van der Waals surface area (Å²) in [4.78, 5) is 5.45. The molecule has 0 saturated heterocycles. The lowest BCUT2D eigenvalue weighted by atomic mass is 10.2. The fraction of sp³-hybridized carbons (Fsp3) is 0.286. The van der Waals surface area contributed by atoms with Crippen molar-refractivity contribution < 1.29 is 5.11 Å². The van der Waals surface area contributed by atoms with Crippen LogP contribution in [0.15, 0.2) is 23.6 Å². The molecule has 0 unspecified atom stereocenters. The molecule has 0 radical (unpaired) electrons. The van der Waals surface area contributed by atoms with E-state index in [1.807, 2.05) is 17.5 Å². The Bertz CT molecular complexity index is 773. The van der Waals surface area contributed by atoms with Crippen LogP contribution >= 0.6 is 34.5 Å². The largest absolute Gasteiger partial charge is 0.396 e. The maximum Gasteiger partial charge on any atom is 0.243 e. The van der Waals surface area contributed by atoms with Gasteiger partial charge in [-0.2, -0.15) is 4.98 Å². The monoisotopic (exact) mass is 356 g/mol. The molecule has 8 heteroatoms. The van der Waals surface area contributed by atoms with E-state index in [0.29, 0.717) is 30.4 Å². The predicted octanol–water partition coefficient (Wildman–Crippen LogP) is 3.63. The molecule has 3 aromatic rings. The number of aliphatic hydroxyl groups excluding tert-OH is 1. The van der Waals surface area contributed by atoms with Crippen LogP contribution < -0.4 is 5.32 Å². The van der Waals surface area contributed by atoms with Crippen LogP contribution in [0.2, 0.25) is 10.4 Å². The highest BCUT2D eigenvalue weighted by Gasteiger charge is 2.14. The highest BCUT2D eigenvalue weighted by Crippen LogP contribution is 2.27. The summed E-state index contributed by atoms with van der Waals surface area (Å²) in [6.07, 6.45) is 1.33. The van der Waals surface area contributed by atoms with Gasteiger partial charge in [-0.25, -0.2) is 4.52 Å². The normalized spacial score (nSPS) is 11.2. The molecule has 0 spiro atoms. The van der Waals surface area contributed by atoms with Crippen LogP contribution in [0.4, 0.5) is 5.82 Å². The summed E-state index contributed by atoms with van der Waals surface area (Å²) in [6, 6.07) is 5.99. The first-order valence-electron chi connectivity index (χ1n) is 6.80. The molecule has 0 aliphatic heterocycles. The number of hydrogen-bond donors (Lipinski definition) is 2. The summed E-state index contributed by atoms with van der Waals surface area (Å²) in [5.74, 6) is 0.644. The minimum Gasteiger partial charge on any atom is -0.396 e. The van der Waals surface area contributed by atoms with E-state index in [4.69, 9.17) is 28.3 Å². The summed E-state index contributed by atoms with van der Waals surface area (Å²) in [7, 11) is 0. The Balaban J connectivity index is 1.94. The van der Waals surface area contributed by atoms with Gasteiger partial charge in [-0.05, 0) is 47.5 Å². The van der Waals surface area contributed by atoms with Crippen molar-refractivity contribution >= 4 is 45.9 Å². The molecule has 3 aromatic heterocycles. The third kappa shape index (κ3) is 3.20. The molecule has 116 valence electrons. The number of aromatic nitrogens is 3. The summed E-state index contributed by atoms with van der Waals surface area (Å²) >= 11 is 14.0. The summed E-state index contributed by atoms with van der Waals surface area (Å²) in [5, 5.41) is 19.1. The summed E-state index contributed by atoms with van der Waals surface area (Å²) < 4.78 is 1.58. The molecule has 22 heavy (non-hydrogen) atoms. The fourth-order valence-electron chi connectivity index (χ4n) is 2.21. The van der Waals surface area contributed by atoms with Gasteiger partial charge in [-0.3, -0.25) is 0 Å². The topological polar surface area (TPSA) is 62.5 Å². The number of nitrogens with one attached hydrogen (secondary N) is 1. The second-order valence-electron chi connectivity index (χ2n) is 4.75. The van der Waals surface area contributed by atoms with Crippen molar-refractivity contribution in [2.75, 3.05) is 11.9 Å². The lowest BCUT2D eigenvalue weighted by Crippen LogP contribution is -2.05. The average Bonchev–Trinajstić information content (AvgIpc) is 3.12. The number of rotatable bonds is 6. The molecule has 0 aliphatic carbocycles. The minimum atomic E-state index is 0.123. The molecule has 3 heterocycles. The molecule has 0 aliphatic rings. The molecule has 0 saturated carbocycles.